The summed E-state index contributed by atoms with van der Waals surface area (Å²) in [5.74, 6) is 1.88. The van der Waals surface area contributed by atoms with Gasteiger partial charge in [-0.25, -0.2) is 4.98 Å². The number of imidazole rings is 1. The van der Waals surface area contributed by atoms with Gasteiger partial charge in [0.05, 0.1) is 38.7 Å². The van der Waals surface area contributed by atoms with Crippen molar-refractivity contribution in [2.24, 2.45) is 5.92 Å². The molecule has 0 unspecified atom stereocenters. The van der Waals surface area contributed by atoms with Crippen molar-refractivity contribution in [1.82, 2.24) is 18.7 Å². The summed E-state index contributed by atoms with van der Waals surface area (Å²) in [5.41, 5.74) is 13.3. The second kappa shape index (κ2) is 20.2. The molecule has 0 saturated heterocycles. The van der Waals surface area contributed by atoms with E-state index in [1.165, 1.54) is 15.7 Å². The Balaban J connectivity index is 0.00000739. The van der Waals surface area contributed by atoms with Gasteiger partial charge in [0.2, 0.25) is 0 Å². The third kappa shape index (κ3) is 9.36. The molecule has 13 rings (SSSR count). The Hall–Kier alpha value is -8.31. The maximum absolute atomic E-state index is 9.18. The van der Waals surface area contributed by atoms with E-state index >= 15 is 0 Å². The van der Waals surface area contributed by atoms with E-state index in [2.05, 4.69) is 163 Å². The average Bonchev–Trinajstić information content (AvgIpc) is 1.57. The minimum absolute atomic E-state index is 0. The molecule has 4 aromatic heterocycles. The zero-order chi connectivity index (χ0) is 60.4. The predicted octanol–water partition coefficient (Wildman–Crippen LogP) is 17.8. The SMILES string of the molecule is [2H]c1c([2H])c([2H])c2c(c1[2H])c1c([2H])c([2H])c([2H])c([2H])c1n2-c1ccc2c(c1)c1ccc(Oc3[c-]c(-n4[c-][n+](-c5c(-c6ccccc6)cccc5-c5cc(C(C)(C)C)cc(C(C)(C)C)c5)c5ccccc54)ccc3)[c-]c1n2-c1cc(CC(C)C)ccn1.[Pt]. The van der Waals surface area contributed by atoms with Crippen molar-refractivity contribution in [3.8, 4) is 56.6 Å². The summed E-state index contributed by atoms with van der Waals surface area (Å²) in [6, 6.07) is 55.5. The standard InChI is InChI=1S/C72H61N5O.Pt/c1-47(2)38-48-36-37-73-69(39-48)77-65-35-32-54(76-63-28-14-12-24-59(63)60-25-13-15-29-64(60)76)44-62(65)61-34-33-56(45-68(61)77)78-55-23-18-22-53(43-55)74-46-75(67-31-17-16-30-66(67)74)70-57(49-20-10-9-11-21-49)26-19-27-58(70)50-40-51(71(3,4)5)42-52(41-50)72(6,7)8;/h9-37,39-42,44,47H,38H2,1-8H3;/q-2;/i12D,13D,14D,15D,24D,25D,28D,29D;. The number of hydrogen-bond acceptors (Lipinski definition) is 2. The molecule has 0 fully saturated rings. The molecular weight excluding hydrogens is 1150 g/mol. The second-order valence-electron chi connectivity index (χ2n) is 22.7. The van der Waals surface area contributed by atoms with Gasteiger partial charge in [-0.1, -0.05) is 188 Å². The monoisotopic (exact) mass is 1210 g/mol. The van der Waals surface area contributed by atoms with Crippen molar-refractivity contribution in [1.29, 1.82) is 0 Å². The first-order valence-corrected chi connectivity index (χ1v) is 26.5. The maximum atomic E-state index is 9.18. The van der Waals surface area contributed by atoms with Gasteiger partial charge < -0.3 is 18.4 Å². The number of aromatic nitrogens is 5. The van der Waals surface area contributed by atoms with Gasteiger partial charge in [-0.15, -0.1) is 29.7 Å². The molecule has 0 amide bonds. The van der Waals surface area contributed by atoms with E-state index in [9.17, 15) is 2.74 Å². The number of ether oxygens (including phenoxy) is 1. The zero-order valence-corrected chi connectivity index (χ0v) is 47.5. The molecule has 79 heavy (non-hydrogen) atoms. The summed E-state index contributed by atoms with van der Waals surface area (Å²) in [4.78, 5) is 4.92. The van der Waals surface area contributed by atoms with Crippen LogP contribution in [0.1, 0.15) is 83.0 Å². The molecule has 4 heterocycles. The summed E-state index contributed by atoms with van der Waals surface area (Å²) in [5, 5.41) is 1.53. The van der Waals surface area contributed by atoms with E-state index in [0.29, 0.717) is 40.1 Å². The molecule has 0 aliphatic carbocycles. The third-order valence-corrected chi connectivity index (χ3v) is 14.7. The van der Waals surface area contributed by atoms with E-state index in [-0.39, 0.29) is 77.9 Å². The van der Waals surface area contributed by atoms with Crippen molar-refractivity contribution < 1.29 is 41.3 Å². The van der Waals surface area contributed by atoms with E-state index in [1.807, 2.05) is 69.8 Å². The molecule has 0 radical (unpaired) electrons. The molecule has 0 aliphatic rings. The number of fused-ring (bicyclic) bond motifs is 7. The Kier molecular flexibility index (Phi) is 10.9. The van der Waals surface area contributed by atoms with Crippen LogP contribution in [0.2, 0.25) is 0 Å². The number of rotatable bonds is 10. The Morgan fingerprint density at radius 1 is 0.570 bits per heavy atom. The van der Waals surface area contributed by atoms with Gasteiger partial charge in [0.25, 0.3) is 6.33 Å². The average molecular weight is 1220 g/mol. The largest absolute Gasteiger partial charge is 0.510 e. The van der Waals surface area contributed by atoms with Crippen LogP contribution in [0.15, 0.2) is 206 Å². The Morgan fingerprint density at radius 3 is 1.94 bits per heavy atom. The van der Waals surface area contributed by atoms with Crippen molar-refractivity contribution in [2.75, 3.05) is 0 Å². The molecule has 13 aromatic rings. The fourth-order valence-electron chi connectivity index (χ4n) is 10.9. The summed E-state index contributed by atoms with van der Waals surface area (Å²) in [7, 11) is 0. The molecule has 0 atom stereocenters. The molecule has 0 aliphatic heterocycles. The molecule has 0 spiro atoms. The summed E-state index contributed by atoms with van der Waals surface area (Å²) in [6.45, 7) is 18.0. The van der Waals surface area contributed by atoms with Gasteiger partial charge >= 0.3 is 0 Å². The minimum atomic E-state index is -0.495. The van der Waals surface area contributed by atoms with Crippen molar-refractivity contribution in [3.63, 3.8) is 0 Å². The van der Waals surface area contributed by atoms with Crippen LogP contribution in [-0.4, -0.2) is 18.7 Å². The fraction of sp³-hybridized carbons (Fsp3) is 0.167. The van der Waals surface area contributed by atoms with Gasteiger partial charge in [-0.05, 0) is 116 Å². The number of para-hydroxylation sites is 5. The number of pyridine rings is 1. The molecule has 6 nitrogen and oxygen atoms in total. The zero-order valence-electron chi connectivity index (χ0n) is 53.3. The van der Waals surface area contributed by atoms with E-state index < -0.39 is 24.2 Å². The van der Waals surface area contributed by atoms with Crippen LogP contribution in [0, 0.1) is 24.4 Å². The quantitative estimate of drug-likeness (QED) is 0.101. The van der Waals surface area contributed by atoms with Gasteiger partial charge in [-0.3, -0.25) is 4.57 Å². The van der Waals surface area contributed by atoms with Gasteiger partial charge in [0.15, 0.2) is 0 Å². The first-order chi connectivity index (χ1) is 41.1. The predicted molar refractivity (Wildman–Crippen MR) is 321 cm³/mol. The van der Waals surface area contributed by atoms with Gasteiger partial charge in [-0.2, -0.15) is 18.2 Å². The Morgan fingerprint density at radius 2 is 1.23 bits per heavy atom. The first-order valence-electron chi connectivity index (χ1n) is 30.5. The van der Waals surface area contributed by atoms with Gasteiger partial charge in [0, 0.05) is 60.7 Å². The Labute approximate surface area is 488 Å². The van der Waals surface area contributed by atoms with Crippen molar-refractivity contribution >= 4 is 54.6 Å². The fourth-order valence-corrected chi connectivity index (χ4v) is 10.9. The second-order valence-corrected chi connectivity index (χ2v) is 22.7. The van der Waals surface area contributed by atoms with Crippen LogP contribution in [0.25, 0.3) is 99.8 Å². The minimum Gasteiger partial charge on any atom is -0.510 e. The van der Waals surface area contributed by atoms with Crippen LogP contribution in [0.4, 0.5) is 0 Å². The van der Waals surface area contributed by atoms with E-state index in [4.69, 9.17) is 17.9 Å². The van der Waals surface area contributed by atoms with Crippen LogP contribution < -0.4 is 9.30 Å². The first kappa shape index (κ1) is 42.7. The maximum Gasteiger partial charge on any atom is 0.268 e. The number of nitrogens with zero attached hydrogens (tertiary/aromatic N) is 5. The van der Waals surface area contributed by atoms with Crippen molar-refractivity contribution in [2.45, 2.75) is 72.6 Å². The van der Waals surface area contributed by atoms with Crippen LogP contribution in [-0.2, 0) is 38.3 Å². The molecule has 9 aromatic carbocycles. The van der Waals surface area contributed by atoms with Gasteiger partial charge in [0.1, 0.15) is 5.82 Å². The van der Waals surface area contributed by atoms with Crippen LogP contribution in [0.5, 0.6) is 11.5 Å². The number of benzene rings is 9. The molecule has 0 N–H and O–H groups in total. The molecular formula is C72H61N5OPt-2. The molecule has 7 heteroatoms. The topological polar surface area (TPSA) is 40.8 Å². The third-order valence-electron chi connectivity index (χ3n) is 14.7. The van der Waals surface area contributed by atoms with Crippen molar-refractivity contribution in [3.05, 3.63) is 241 Å². The number of hydrogen-bond donors (Lipinski definition) is 0. The van der Waals surface area contributed by atoms with E-state index in [0.717, 1.165) is 67.2 Å². The summed E-state index contributed by atoms with van der Waals surface area (Å²) in [6.07, 6.45) is 6.44. The smallest absolute Gasteiger partial charge is 0.268 e. The van der Waals surface area contributed by atoms with E-state index in [1.54, 1.807) is 12.3 Å². The van der Waals surface area contributed by atoms with Crippen LogP contribution >= 0.6 is 0 Å². The molecule has 0 saturated carbocycles. The normalized spacial score (nSPS) is 13.5. The molecule has 392 valence electrons. The summed E-state index contributed by atoms with van der Waals surface area (Å²) < 4.78 is 85.5. The van der Waals surface area contributed by atoms with Crippen LogP contribution in [0.3, 0.4) is 0 Å². The summed E-state index contributed by atoms with van der Waals surface area (Å²) >= 11 is 0. The Bertz CT molecular complexity index is 4830. The molecule has 0 bridgehead atoms.